The standard InChI is InChI=1S/C47H62N8O8S/c1-9-53-36-15-14-30-21-32(36)33(40(53)31-13-10-18-48-38(31)29(4)61-8)23-45(5,6)25-63-43(58)47(60)17-12-20-55(51-47)42(57)34(22-37-49-35(30)24-64-37)50-41(56)39(28(2)3)52(7)44(59)54-19-11-16-46(54)26-62-27-46/h10,13-15,18,21,24,28-29,34,39,51,60H,9,11-12,16-17,19-20,22-23,25-27H2,1-8H3,(H,50,56)/t29-,34-,39-,47-/m0/s1. The first kappa shape index (κ1) is 45.6. The molecule has 8 rings (SSSR count). The van der Waals surface area contributed by atoms with E-state index in [4.69, 9.17) is 24.2 Å². The van der Waals surface area contributed by atoms with Gasteiger partial charge in [0, 0.05) is 85.7 Å². The molecule has 64 heavy (non-hydrogen) atoms. The molecule has 4 aromatic rings. The molecule has 344 valence electrons. The van der Waals surface area contributed by atoms with Crippen molar-refractivity contribution in [2.45, 2.75) is 116 Å². The molecule has 3 aromatic heterocycles. The van der Waals surface area contributed by atoms with E-state index < -0.39 is 41.0 Å². The Morgan fingerprint density at radius 1 is 1.11 bits per heavy atom. The molecular formula is C47H62N8O8S. The summed E-state index contributed by atoms with van der Waals surface area (Å²) >= 11 is 1.38. The average molecular weight is 899 g/mol. The average Bonchev–Trinajstić information content (AvgIpc) is 4.00. The van der Waals surface area contributed by atoms with Crippen molar-refractivity contribution in [2.75, 3.05) is 47.1 Å². The molecule has 4 aliphatic heterocycles. The zero-order valence-corrected chi connectivity index (χ0v) is 39.0. The minimum Gasteiger partial charge on any atom is -0.462 e. The van der Waals surface area contributed by atoms with Crippen LogP contribution >= 0.6 is 11.3 Å². The SMILES string of the molecule is CCn1c(-c2cccnc2[C@H](C)OC)c2c3cc(ccc31)-c1csc(n1)C[C@H](NC(=O)[C@H](C(C)C)N(C)C(=O)N1CCCC13COC3)C(=O)N1CCC[C@@](O)(N1)C(=O)OCC(C)(C)C2. The van der Waals surface area contributed by atoms with Crippen LogP contribution in [0.15, 0.2) is 41.9 Å². The first-order chi connectivity index (χ1) is 30.5. The van der Waals surface area contributed by atoms with Crippen LogP contribution in [-0.4, -0.2) is 129 Å². The molecule has 17 heteroatoms. The molecule has 3 saturated heterocycles. The maximum Gasteiger partial charge on any atom is 0.355 e. The number of likely N-dealkylation sites (tertiary alicyclic amines) is 1. The van der Waals surface area contributed by atoms with Gasteiger partial charge in [0.25, 0.3) is 5.91 Å². The van der Waals surface area contributed by atoms with Crippen molar-refractivity contribution < 1.29 is 38.5 Å². The predicted octanol–water partition coefficient (Wildman–Crippen LogP) is 5.46. The van der Waals surface area contributed by atoms with Gasteiger partial charge in [-0.2, -0.15) is 5.43 Å². The number of amides is 4. The van der Waals surface area contributed by atoms with Crippen molar-refractivity contribution in [3.8, 4) is 22.5 Å². The monoisotopic (exact) mass is 898 g/mol. The molecule has 1 spiro atoms. The first-order valence-corrected chi connectivity index (χ1v) is 23.4. The summed E-state index contributed by atoms with van der Waals surface area (Å²) in [6.45, 7) is 14.2. The van der Waals surface area contributed by atoms with Crippen LogP contribution in [0.2, 0.25) is 0 Å². The topological polar surface area (TPSA) is 181 Å². The van der Waals surface area contributed by atoms with Gasteiger partial charge in [0.2, 0.25) is 11.6 Å². The highest BCUT2D eigenvalue weighted by Crippen LogP contribution is 2.42. The second kappa shape index (κ2) is 17.8. The number of likely N-dealkylation sites (N-methyl/N-ethyl adjacent to an activating group) is 1. The Balaban J connectivity index is 1.19. The van der Waals surface area contributed by atoms with Gasteiger partial charge in [-0.25, -0.2) is 14.6 Å². The van der Waals surface area contributed by atoms with Gasteiger partial charge in [-0.15, -0.1) is 11.3 Å². The van der Waals surface area contributed by atoms with Crippen molar-refractivity contribution >= 4 is 46.1 Å². The van der Waals surface area contributed by atoms with Crippen molar-refractivity contribution in [1.29, 1.82) is 0 Å². The van der Waals surface area contributed by atoms with Gasteiger partial charge in [0.15, 0.2) is 0 Å². The number of thiazole rings is 1. The summed E-state index contributed by atoms with van der Waals surface area (Å²) in [4.78, 5) is 70.3. The van der Waals surface area contributed by atoms with Crippen molar-refractivity contribution in [3.05, 3.63) is 58.2 Å². The Morgan fingerprint density at radius 2 is 1.88 bits per heavy atom. The van der Waals surface area contributed by atoms with E-state index in [9.17, 15) is 24.3 Å². The van der Waals surface area contributed by atoms with Crippen molar-refractivity contribution in [1.82, 2.24) is 40.1 Å². The fourth-order valence-electron chi connectivity index (χ4n) is 9.97. The van der Waals surface area contributed by atoms with Crippen LogP contribution in [0.4, 0.5) is 4.79 Å². The van der Waals surface area contributed by atoms with Crippen LogP contribution in [0.25, 0.3) is 33.4 Å². The summed E-state index contributed by atoms with van der Waals surface area (Å²) in [5.74, 6) is -2.26. The number of carbonyl (C=O) groups is 4. The molecule has 16 nitrogen and oxygen atoms in total. The maximum atomic E-state index is 14.6. The fraction of sp³-hybridized carbons (Fsp3) is 0.574. The number of aryl methyl sites for hydroxylation is 1. The zero-order valence-electron chi connectivity index (χ0n) is 38.2. The lowest BCUT2D eigenvalue weighted by molar-refractivity contribution is -0.189. The number of hydrazine groups is 1. The Hall–Kier alpha value is -4.94. The van der Waals surface area contributed by atoms with E-state index in [1.807, 2.05) is 51.0 Å². The van der Waals surface area contributed by atoms with Gasteiger partial charge in [-0.05, 0) is 75.3 Å². The summed E-state index contributed by atoms with van der Waals surface area (Å²) in [7, 11) is 3.30. The number of cyclic esters (lactones) is 1. The van der Waals surface area contributed by atoms with Gasteiger partial charge >= 0.3 is 12.0 Å². The molecule has 1 aromatic carbocycles. The number of aromatic nitrogens is 3. The third-order valence-corrected chi connectivity index (χ3v) is 14.3. The number of urea groups is 1. The van der Waals surface area contributed by atoms with E-state index in [1.165, 1.54) is 21.2 Å². The molecule has 7 heterocycles. The molecule has 3 fully saturated rings. The number of carbonyl (C=O) groups excluding carboxylic acids is 4. The summed E-state index contributed by atoms with van der Waals surface area (Å²) in [6, 6.07) is 7.96. The molecule has 0 aliphatic carbocycles. The summed E-state index contributed by atoms with van der Waals surface area (Å²) in [5.41, 5.74) is 6.02. The third-order valence-electron chi connectivity index (χ3n) is 13.4. The molecule has 4 amide bonds. The van der Waals surface area contributed by atoms with E-state index >= 15 is 0 Å². The number of fused-ring (bicyclic) bond motifs is 6. The summed E-state index contributed by atoms with van der Waals surface area (Å²) < 4.78 is 19.6. The lowest BCUT2D eigenvalue weighted by atomic mass is 9.84. The van der Waals surface area contributed by atoms with E-state index in [2.05, 4.69) is 46.5 Å². The number of hydrogen-bond donors (Lipinski definition) is 3. The van der Waals surface area contributed by atoms with Crippen LogP contribution in [0.1, 0.15) is 89.6 Å². The third kappa shape index (κ3) is 8.41. The Kier molecular flexibility index (Phi) is 12.7. The van der Waals surface area contributed by atoms with Gasteiger partial charge in [0.1, 0.15) is 12.1 Å². The van der Waals surface area contributed by atoms with Gasteiger partial charge in [0.05, 0.1) is 53.6 Å². The number of ether oxygens (including phenoxy) is 3. The molecule has 3 N–H and O–H groups in total. The van der Waals surface area contributed by atoms with Crippen LogP contribution in [0.3, 0.4) is 0 Å². The number of methoxy groups -OCH3 is 1. The Morgan fingerprint density at radius 3 is 2.58 bits per heavy atom. The van der Waals surface area contributed by atoms with Crippen LogP contribution in [0, 0.1) is 11.3 Å². The van der Waals surface area contributed by atoms with E-state index in [1.54, 1.807) is 20.4 Å². The van der Waals surface area contributed by atoms with E-state index in [-0.39, 0.29) is 56.0 Å². The highest BCUT2D eigenvalue weighted by molar-refractivity contribution is 7.10. The van der Waals surface area contributed by atoms with Gasteiger partial charge in [-0.1, -0.05) is 33.8 Å². The van der Waals surface area contributed by atoms with Gasteiger partial charge in [-0.3, -0.25) is 19.6 Å². The lowest BCUT2D eigenvalue weighted by Gasteiger charge is -2.47. The number of pyridine rings is 1. The van der Waals surface area contributed by atoms with Crippen molar-refractivity contribution in [2.24, 2.45) is 11.3 Å². The predicted molar refractivity (Wildman–Crippen MR) is 242 cm³/mol. The van der Waals surface area contributed by atoms with E-state index in [0.29, 0.717) is 37.7 Å². The highest BCUT2D eigenvalue weighted by Gasteiger charge is 2.51. The number of esters is 1. The number of rotatable bonds is 8. The van der Waals surface area contributed by atoms with Crippen molar-refractivity contribution in [3.63, 3.8) is 0 Å². The number of benzene rings is 1. The number of nitrogens with zero attached hydrogens (tertiary/aromatic N) is 6. The summed E-state index contributed by atoms with van der Waals surface area (Å²) in [5, 5.41) is 19.6. The summed E-state index contributed by atoms with van der Waals surface area (Å²) in [6.07, 6.45) is 4.02. The Bertz CT molecular complexity index is 2430. The number of hydrogen-bond acceptors (Lipinski definition) is 12. The second-order valence-corrected chi connectivity index (χ2v) is 20.0. The minimum atomic E-state index is -2.21. The number of aliphatic hydroxyl groups is 1. The largest absolute Gasteiger partial charge is 0.462 e. The van der Waals surface area contributed by atoms with Crippen LogP contribution in [0.5, 0.6) is 0 Å². The Labute approximate surface area is 378 Å². The maximum absolute atomic E-state index is 14.6. The highest BCUT2D eigenvalue weighted by atomic mass is 32.1. The molecular weight excluding hydrogens is 837 g/mol. The lowest BCUT2D eigenvalue weighted by Crippen LogP contribution is -2.68. The first-order valence-electron chi connectivity index (χ1n) is 22.5. The molecule has 6 bridgehead atoms. The molecule has 0 unspecified atom stereocenters. The molecule has 4 aliphatic rings. The molecule has 0 radical (unpaired) electrons. The fourth-order valence-corrected chi connectivity index (χ4v) is 10.8. The smallest absolute Gasteiger partial charge is 0.355 e. The van der Waals surface area contributed by atoms with Crippen LogP contribution in [-0.2, 0) is 48.0 Å². The minimum absolute atomic E-state index is 0.00660. The zero-order chi connectivity index (χ0) is 45.7. The normalized spacial score (nSPS) is 23.1. The van der Waals surface area contributed by atoms with E-state index in [0.717, 1.165) is 57.5 Å². The van der Waals surface area contributed by atoms with Crippen LogP contribution < -0.4 is 10.7 Å². The molecule has 0 saturated carbocycles. The number of nitrogens with one attached hydrogen (secondary N) is 2. The second-order valence-electron chi connectivity index (χ2n) is 19.0. The quantitative estimate of drug-likeness (QED) is 0.191. The molecule has 4 atom stereocenters. The van der Waals surface area contributed by atoms with Gasteiger partial charge < -0.3 is 39.0 Å².